The predicted molar refractivity (Wildman–Crippen MR) is 255 cm³/mol. The van der Waals surface area contributed by atoms with E-state index in [2.05, 4.69) is 139 Å². The minimum Gasteiger partial charge on any atom is -0.456 e. The van der Waals surface area contributed by atoms with Gasteiger partial charge < -0.3 is 9.73 Å². The third-order valence-electron chi connectivity index (χ3n) is 11.5. The minimum absolute atomic E-state index is 0.453. The van der Waals surface area contributed by atoms with E-state index in [0.29, 0.717) is 11.5 Å². The van der Waals surface area contributed by atoms with Crippen molar-refractivity contribution in [1.82, 2.24) is 15.3 Å². The number of fused-ring (bicyclic) bond motifs is 4. The second kappa shape index (κ2) is 15.6. The van der Waals surface area contributed by atoms with E-state index in [4.69, 9.17) is 14.4 Å². The number of nitrogens with one attached hydrogen (secondary N) is 2. The highest BCUT2D eigenvalue weighted by Gasteiger charge is 2.24. The SMILES string of the molecule is N=C(/C(=C1\NC(c2ccc(-c3nc(-c4ccccc4)cc(-c4cccc(-c5cccc6oc7ccccc7c56)c4)n3)cc2)=Cc2ccccc21)c1ccccc1)c1ccccc1. The highest BCUT2D eigenvalue weighted by Crippen LogP contribution is 2.39. The van der Waals surface area contributed by atoms with Gasteiger partial charge in [-0.15, -0.1) is 0 Å². The lowest BCUT2D eigenvalue weighted by atomic mass is 9.88. The van der Waals surface area contributed by atoms with Crippen molar-refractivity contribution in [3.05, 3.63) is 240 Å². The molecule has 10 aromatic rings. The summed E-state index contributed by atoms with van der Waals surface area (Å²) in [5, 5.41) is 15.5. The molecule has 0 aliphatic carbocycles. The van der Waals surface area contributed by atoms with E-state index in [-0.39, 0.29) is 0 Å². The third-order valence-corrected chi connectivity index (χ3v) is 11.5. The van der Waals surface area contributed by atoms with Gasteiger partial charge in [0.1, 0.15) is 11.2 Å². The summed E-state index contributed by atoms with van der Waals surface area (Å²) in [7, 11) is 0. The van der Waals surface area contributed by atoms with E-state index in [1.54, 1.807) is 0 Å². The first kappa shape index (κ1) is 36.7. The first-order valence-corrected chi connectivity index (χ1v) is 20.7. The van der Waals surface area contributed by atoms with Crippen molar-refractivity contribution in [3.8, 4) is 45.0 Å². The number of hydrogen-bond acceptors (Lipinski definition) is 5. The second-order valence-corrected chi connectivity index (χ2v) is 15.4. The zero-order valence-electron chi connectivity index (χ0n) is 33.6. The molecule has 0 spiro atoms. The number of para-hydroxylation sites is 1. The van der Waals surface area contributed by atoms with Crippen molar-refractivity contribution in [2.45, 2.75) is 0 Å². The first-order chi connectivity index (χ1) is 30.6. The molecule has 292 valence electrons. The molecule has 0 atom stereocenters. The maximum Gasteiger partial charge on any atom is 0.160 e. The molecule has 5 heteroatoms. The molecule has 0 fully saturated rings. The van der Waals surface area contributed by atoms with Crippen LogP contribution in [0.4, 0.5) is 0 Å². The average Bonchev–Trinajstić information content (AvgIpc) is 3.74. The molecule has 0 radical (unpaired) electrons. The van der Waals surface area contributed by atoms with Crippen molar-refractivity contribution in [1.29, 1.82) is 5.41 Å². The zero-order valence-corrected chi connectivity index (χ0v) is 33.6. The topological polar surface area (TPSA) is 74.8 Å². The lowest BCUT2D eigenvalue weighted by Gasteiger charge is -2.26. The molecule has 0 saturated heterocycles. The molecule has 5 nitrogen and oxygen atoms in total. The Kier molecular flexibility index (Phi) is 9.25. The summed E-state index contributed by atoms with van der Waals surface area (Å²) in [4.78, 5) is 10.4. The van der Waals surface area contributed by atoms with Crippen LogP contribution in [-0.4, -0.2) is 15.7 Å². The fraction of sp³-hybridized carbons (Fsp3) is 0. The number of allylic oxidation sites excluding steroid dienone is 1. The van der Waals surface area contributed by atoms with Gasteiger partial charge in [0.05, 0.1) is 22.8 Å². The molecule has 62 heavy (non-hydrogen) atoms. The van der Waals surface area contributed by atoms with E-state index < -0.39 is 0 Å². The van der Waals surface area contributed by atoms with Crippen LogP contribution in [-0.2, 0) is 0 Å². The number of rotatable bonds is 8. The summed E-state index contributed by atoms with van der Waals surface area (Å²) in [6, 6.07) is 72.4. The van der Waals surface area contributed by atoms with Gasteiger partial charge in [-0.3, -0.25) is 5.41 Å². The van der Waals surface area contributed by atoms with E-state index in [1.807, 2.05) is 84.9 Å². The van der Waals surface area contributed by atoms with Crippen LogP contribution in [0.5, 0.6) is 0 Å². The number of aromatic nitrogens is 2. The Bertz CT molecular complexity index is 3370. The van der Waals surface area contributed by atoms with Gasteiger partial charge in [0, 0.05) is 49.9 Å². The lowest BCUT2D eigenvalue weighted by Crippen LogP contribution is -2.20. The summed E-state index contributed by atoms with van der Waals surface area (Å²) in [6.07, 6.45) is 2.19. The van der Waals surface area contributed by atoms with Crippen molar-refractivity contribution in [2.24, 2.45) is 0 Å². The summed E-state index contributed by atoms with van der Waals surface area (Å²) >= 11 is 0. The molecule has 11 rings (SSSR count). The van der Waals surface area contributed by atoms with Crippen LogP contribution in [0.15, 0.2) is 217 Å². The van der Waals surface area contributed by atoms with Crippen LogP contribution in [0, 0.1) is 5.41 Å². The highest BCUT2D eigenvalue weighted by atomic mass is 16.3. The maximum atomic E-state index is 9.53. The Morgan fingerprint density at radius 2 is 1.03 bits per heavy atom. The van der Waals surface area contributed by atoms with E-state index in [9.17, 15) is 5.41 Å². The summed E-state index contributed by atoms with van der Waals surface area (Å²) < 4.78 is 6.24. The molecule has 2 aromatic heterocycles. The molecule has 0 bridgehead atoms. The number of furan rings is 1. The molecule has 1 aliphatic rings. The van der Waals surface area contributed by atoms with Gasteiger partial charge in [-0.25, -0.2) is 9.97 Å². The lowest BCUT2D eigenvalue weighted by molar-refractivity contribution is 0.669. The summed E-state index contributed by atoms with van der Waals surface area (Å²) in [5.74, 6) is 0.639. The monoisotopic (exact) mass is 794 g/mol. The van der Waals surface area contributed by atoms with Gasteiger partial charge in [0.15, 0.2) is 5.82 Å². The van der Waals surface area contributed by atoms with Crippen LogP contribution < -0.4 is 5.32 Å². The molecule has 2 N–H and O–H groups in total. The molecular weight excluding hydrogens is 757 g/mol. The summed E-state index contributed by atoms with van der Waals surface area (Å²) in [6.45, 7) is 0. The number of benzene rings is 8. The fourth-order valence-electron chi connectivity index (χ4n) is 8.51. The quantitative estimate of drug-likeness (QED) is 0.150. The maximum absolute atomic E-state index is 9.53. The van der Waals surface area contributed by atoms with Crippen molar-refractivity contribution in [2.75, 3.05) is 0 Å². The van der Waals surface area contributed by atoms with E-state index >= 15 is 0 Å². The molecule has 3 heterocycles. The van der Waals surface area contributed by atoms with Crippen molar-refractivity contribution in [3.63, 3.8) is 0 Å². The van der Waals surface area contributed by atoms with Crippen LogP contribution in [0.25, 0.3) is 90.0 Å². The highest BCUT2D eigenvalue weighted by molar-refractivity contribution is 6.36. The molecule has 0 saturated carbocycles. The Hall–Kier alpha value is -8.41. The molecule has 8 aromatic carbocycles. The first-order valence-electron chi connectivity index (χ1n) is 20.7. The fourth-order valence-corrected chi connectivity index (χ4v) is 8.51. The van der Waals surface area contributed by atoms with Crippen LogP contribution >= 0.6 is 0 Å². The molecule has 1 aliphatic heterocycles. The van der Waals surface area contributed by atoms with Crippen LogP contribution in [0.2, 0.25) is 0 Å². The smallest absolute Gasteiger partial charge is 0.160 e. The molecular formula is C57H38N4O. The van der Waals surface area contributed by atoms with Crippen LogP contribution in [0.1, 0.15) is 27.8 Å². The van der Waals surface area contributed by atoms with Crippen molar-refractivity contribution >= 4 is 50.7 Å². The van der Waals surface area contributed by atoms with Gasteiger partial charge in [-0.05, 0) is 58.2 Å². The van der Waals surface area contributed by atoms with Crippen molar-refractivity contribution < 1.29 is 4.42 Å². The minimum atomic E-state index is 0.453. The van der Waals surface area contributed by atoms with Gasteiger partial charge in [-0.1, -0.05) is 188 Å². The predicted octanol–water partition coefficient (Wildman–Crippen LogP) is 14.1. The van der Waals surface area contributed by atoms with Gasteiger partial charge in [-0.2, -0.15) is 0 Å². The number of nitrogens with zero attached hydrogens (tertiary/aromatic N) is 2. The second-order valence-electron chi connectivity index (χ2n) is 15.4. The third kappa shape index (κ3) is 6.78. The zero-order chi connectivity index (χ0) is 41.4. The molecule has 0 amide bonds. The van der Waals surface area contributed by atoms with Crippen LogP contribution in [0.3, 0.4) is 0 Å². The Morgan fingerprint density at radius 3 is 1.82 bits per heavy atom. The summed E-state index contributed by atoms with van der Waals surface area (Å²) in [5.41, 5.74) is 16.6. The van der Waals surface area contributed by atoms with Gasteiger partial charge in [0.2, 0.25) is 0 Å². The number of hydrogen-bond donors (Lipinski definition) is 2. The van der Waals surface area contributed by atoms with Gasteiger partial charge >= 0.3 is 0 Å². The average molecular weight is 795 g/mol. The standard InChI is InChI=1S/C57H38N4O/c58-55(40-20-8-3-9-21-40)53(39-18-6-2-7-19-39)56-46-25-11-10-22-43(46)35-48(59-56)38-30-32-41(33-31-38)57-60-49(37-16-4-1-5-17-37)36-50(61-57)44-24-14-23-42(34-44)45-27-15-29-52-54(45)47-26-12-13-28-51(47)62-52/h1-36,58-59H/b56-53-,58-55?. The normalized spacial score (nSPS) is 13.0. The Balaban J connectivity index is 0.992. The molecule has 0 unspecified atom stereocenters. The van der Waals surface area contributed by atoms with E-state index in [0.717, 1.165) is 106 Å². The largest absolute Gasteiger partial charge is 0.456 e. The Labute approximate surface area is 359 Å². The van der Waals surface area contributed by atoms with E-state index in [1.165, 1.54) is 0 Å². The Morgan fingerprint density at radius 1 is 0.452 bits per heavy atom. The van der Waals surface area contributed by atoms with Gasteiger partial charge in [0.25, 0.3) is 0 Å².